The van der Waals surface area contributed by atoms with Crippen LogP contribution in [-0.2, 0) is 0 Å². The highest BCUT2D eigenvalue weighted by Crippen LogP contribution is 2.38. The number of nitrogens with zero attached hydrogens (tertiary/aromatic N) is 2. The van der Waals surface area contributed by atoms with E-state index < -0.39 is 0 Å². The quantitative estimate of drug-likeness (QED) is 0.688. The maximum Gasteiger partial charge on any atom is 0.0627 e. The minimum absolute atomic E-state index is 0.836. The van der Waals surface area contributed by atoms with Crippen LogP contribution in [0.25, 0.3) is 0 Å². The van der Waals surface area contributed by atoms with E-state index in [1.807, 2.05) is 0 Å². The Morgan fingerprint density at radius 3 is 2.73 bits per heavy atom. The van der Waals surface area contributed by atoms with Gasteiger partial charge in [-0.3, -0.25) is 9.80 Å². The van der Waals surface area contributed by atoms with Crippen molar-refractivity contribution in [1.82, 2.24) is 9.80 Å². The maximum absolute atomic E-state index is 2.82. The lowest BCUT2D eigenvalue weighted by molar-refractivity contribution is -0.0251. The van der Waals surface area contributed by atoms with Crippen molar-refractivity contribution in [2.24, 2.45) is 0 Å². The van der Waals surface area contributed by atoms with Gasteiger partial charge in [0.05, 0.1) is 6.17 Å². The van der Waals surface area contributed by atoms with Crippen LogP contribution in [0.15, 0.2) is 0 Å². The van der Waals surface area contributed by atoms with Gasteiger partial charge in [-0.1, -0.05) is 13.3 Å². The van der Waals surface area contributed by atoms with Crippen molar-refractivity contribution in [3.05, 3.63) is 0 Å². The van der Waals surface area contributed by atoms with Crippen LogP contribution in [0.2, 0.25) is 0 Å². The lowest BCUT2D eigenvalue weighted by Crippen LogP contribution is -2.57. The molecule has 0 aromatic rings. The summed E-state index contributed by atoms with van der Waals surface area (Å²) in [5, 5.41) is 0. The van der Waals surface area contributed by atoms with E-state index in [1.165, 1.54) is 58.0 Å². The molecule has 3 aliphatic heterocycles. The largest absolute Gasteiger partial charge is 0.285 e. The van der Waals surface area contributed by atoms with E-state index in [-0.39, 0.29) is 0 Å². The van der Waals surface area contributed by atoms with Crippen molar-refractivity contribution in [2.45, 2.75) is 70.1 Å². The van der Waals surface area contributed by atoms with Gasteiger partial charge in [0.1, 0.15) is 0 Å². The zero-order chi connectivity index (χ0) is 10.3. The predicted octanol–water partition coefficient (Wildman–Crippen LogP) is 2.45. The lowest BCUT2D eigenvalue weighted by atomic mass is 9.96. The average Bonchev–Trinajstić information content (AvgIpc) is 2.84. The molecule has 3 saturated heterocycles. The highest BCUT2D eigenvalue weighted by atomic mass is 15.4. The summed E-state index contributed by atoms with van der Waals surface area (Å²) in [5.74, 6) is 0. The topological polar surface area (TPSA) is 6.48 Å². The van der Waals surface area contributed by atoms with Gasteiger partial charge in [0.2, 0.25) is 0 Å². The molecule has 3 heterocycles. The summed E-state index contributed by atoms with van der Waals surface area (Å²) in [6, 6.07) is 1.86. The zero-order valence-corrected chi connectivity index (χ0v) is 9.99. The van der Waals surface area contributed by atoms with Crippen LogP contribution in [0.3, 0.4) is 0 Å². The molecule has 0 unspecified atom stereocenters. The maximum atomic E-state index is 2.82. The molecule has 0 radical (unpaired) electrons. The predicted molar refractivity (Wildman–Crippen MR) is 62.8 cm³/mol. The highest BCUT2D eigenvalue weighted by Gasteiger charge is 2.44. The van der Waals surface area contributed by atoms with Crippen LogP contribution in [0, 0.1) is 0 Å². The van der Waals surface area contributed by atoms with E-state index in [2.05, 4.69) is 16.7 Å². The molecule has 3 atom stereocenters. The smallest absolute Gasteiger partial charge is 0.0627 e. The summed E-state index contributed by atoms with van der Waals surface area (Å²) in [6.45, 7) is 5.09. The van der Waals surface area contributed by atoms with Crippen LogP contribution in [0.1, 0.15) is 51.9 Å². The van der Waals surface area contributed by atoms with Gasteiger partial charge >= 0.3 is 0 Å². The fourth-order valence-electron chi connectivity index (χ4n) is 4.12. The van der Waals surface area contributed by atoms with E-state index in [9.17, 15) is 0 Å². The molecule has 3 rings (SSSR count). The fourth-order valence-corrected chi connectivity index (χ4v) is 4.12. The molecule has 0 aromatic heterocycles. The second-order valence-electron chi connectivity index (χ2n) is 5.57. The summed E-state index contributed by atoms with van der Waals surface area (Å²) in [4.78, 5) is 5.64. The molecule has 2 nitrogen and oxygen atoms in total. The Balaban J connectivity index is 1.77. The van der Waals surface area contributed by atoms with Crippen molar-refractivity contribution in [3.8, 4) is 0 Å². The molecule has 15 heavy (non-hydrogen) atoms. The van der Waals surface area contributed by atoms with Crippen molar-refractivity contribution < 1.29 is 0 Å². The SMILES string of the molecule is CCC[C@@H]1C[C@H]2CCCN2[C@H]2CCCN12. The van der Waals surface area contributed by atoms with Crippen LogP contribution in [-0.4, -0.2) is 41.1 Å². The third-order valence-corrected chi connectivity index (χ3v) is 4.70. The molecule has 0 spiro atoms. The van der Waals surface area contributed by atoms with Gasteiger partial charge in [-0.2, -0.15) is 0 Å². The summed E-state index contributed by atoms with van der Waals surface area (Å²) in [7, 11) is 0. The van der Waals surface area contributed by atoms with Gasteiger partial charge in [0, 0.05) is 18.6 Å². The van der Waals surface area contributed by atoms with Gasteiger partial charge < -0.3 is 0 Å². The molecule has 0 amide bonds. The summed E-state index contributed by atoms with van der Waals surface area (Å²) >= 11 is 0. The monoisotopic (exact) mass is 208 g/mol. The third-order valence-electron chi connectivity index (χ3n) is 4.70. The molecule has 0 saturated carbocycles. The molecule has 3 aliphatic rings. The molecule has 0 N–H and O–H groups in total. The van der Waals surface area contributed by atoms with E-state index >= 15 is 0 Å². The van der Waals surface area contributed by atoms with E-state index in [4.69, 9.17) is 0 Å². The summed E-state index contributed by atoms with van der Waals surface area (Å²) in [6.07, 6.45) is 10.9. The fraction of sp³-hybridized carbons (Fsp3) is 1.00. The second-order valence-corrected chi connectivity index (χ2v) is 5.57. The number of fused-ring (bicyclic) bond motifs is 3. The van der Waals surface area contributed by atoms with E-state index in [0.717, 1.165) is 18.2 Å². The minimum atomic E-state index is 0.836. The Kier molecular flexibility index (Phi) is 2.73. The van der Waals surface area contributed by atoms with Crippen molar-refractivity contribution in [1.29, 1.82) is 0 Å². The minimum Gasteiger partial charge on any atom is -0.285 e. The third kappa shape index (κ3) is 1.62. The van der Waals surface area contributed by atoms with Gasteiger partial charge in [-0.25, -0.2) is 0 Å². The molecule has 3 fully saturated rings. The van der Waals surface area contributed by atoms with Gasteiger partial charge in [0.15, 0.2) is 0 Å². The van der Waals surface area contributed by atoms with Gasteiger partial charge in [0.25, 0.3) is 0 Å². The summed E-state index contributed by atoms with van der Waals surface area (Å²) < 4.78 is 0. The first kappa shape index (κ1) is 10.1. The number of hydrogen-bond donors (Lipinski definition) is 0. The van der Waals surface area contributed by atoms with E-state index in [1.54, 1.807) is 0 Å². The van der Waals surface area contributed by atoms with Crippen LogP contribution in [0.5, 0.6) is 0 Å². The molecule has 0 bridgehead atoms. The first-order chi connectivity index (χ1) is 7.40. The Morgan fingerprint density at radius 1 is 1.07 bits per heavy atom. The average molecular weight is 208 g/mol. The Labute approximate surface area is 93.6 Å². The Morgan fingerprint density at radius 2 is 1.87 bits per heavy atom. The molecule has 0 aromatic carbocycles. The standard InChI is InChI=1S/C13H24N2/c1-2-5-11-10-12-6-3-8-15(12)13-7-4-9-14(11)13/h11-13H,2-10H2,1H3/t11-,12-,13+/m1/s1. The Hall–Kier alpha value is -0.0800. The van der Waals surface area contributed by atoms with Crippen molar-refractivity contribution >= 4 is 0 Å². The molecule has 86 valence electrons. The lowest BCUT2D eigenvalue weighted by Gasteiger charge is -2.47. The first-order valence-electron chi connectivity index (χ1n) is 6.91. The number of hydrogen-bond acceptors (Lipinski definition) is 2. The number of rotatable bonds is 2. The molecular weight excluding hydrogens is 184 g/mol. The summed E-state index contributed by atoms with van der Waals surface area (Å²) in [5.41, 5.74) is 0. The van der Waals surface area contributed by atoms with Crippen LogP contribution < -0.4 is 0 Å². The van der Waals surface area contributed by atoms with Crippen LogP contribution in [0.4, 0.5) is 0 Å². The van der Waals surface area contributed by atoms with Gasteiger partial charge in [-0.15, -0.1) is 0 Å². The van der Waals surface area contributed by atoms with Gasteiger partial charge in [-0.05, 0) is 45.1 Å². The Bertz CT molecular complexity index is 229. The van der Waals surface area contributed by atoms with Crippen molar-refractivity contribution in [3.63, 3.8) is 0 Å². The molecule has 0 aliphatic carbocycles. The van der Waals surface area contributed by atoms with Crippen molar-refractivity contribution in [2.75, 3.05) is 13.1 Å². The highest BCUT2D eigenvalue weighted by molar-refractivity contribution is 4.97. The normalized spacial score (nSPS) is 41.8. The van der Waals surface area contributed by atoms with Crippen LogP contribution >= 0.6 is 0 Å². The first-order valence-corrected chi connectivity index (χ1v) is 6.91. The van der Waals surface area contributed by atoms with E-state index in [0.29, 0.717) is 0 Å². The molecular formula is C13H24N2. The second kappa shape index (κ2) is 4.06. The molecule has 2 heteroatoms. The zero-order valence-electron chi connectivity index (χ0n) is 9.99.